The Balaban J connectivity index is 1.95. The zero-order valence-corrected chi connectivity index (χ0v) is 12.2. The van der Waals surface area contributed by atoms with Crippen molar-refractivity contribution < 1.29 is 22.6 Å². The molecule has 1 saturated heterocycles. The molecule has 0 radical (unpaired) electrons. The van der Waals surface area contributed by atoms with Gasteiger partial charge in [-0.25, -0.2) is 0 Å². The highest BCUT2D eigenvalue weighted by atomic mass is 19.4. The lowest BCUT2D eigenvalue weighted by molar-refractivity contribution is -0.137. The van der Waals surface area contributed by atoms with Crippen molar-refractivity contribution >= 4 is 0 Å². The van der Waals surface area contributed by atoms with Crippen molar-refractivity contribution in [2.75, 3.05) is 26.9 Å². The summed E-state index contributed by atoms with van der Waals surface area (Å²) in [4.78, 5) is 0. The van der Waals surface area contributed by atoms with Gasteiger partial charge < -0.3 is 14.8 Å². The van der Waals surface area contributed by atoms with E-state index in [0.29, 0.717) is 19.8 Å². The average molecular weight is 303 g/mol. The maximum atomic E-state index is 12.5. The maximum absolute atomic E-state index is 12.5. The van der Waals surface area contributed by atoms with Gasteiger partial charge in [0.25, 0.3) is 0 Å². The fraction of sp³-hybridized carbons (Fsp3) is 0.600. The predicted molar refractivity (Wildman–Crippen MR) is 73.0 cm³/mol. The van der Waals surface area contributed by atoms with Crippen LogP contribution >= 0.6 is 0 Å². The molecular weight excluding hydrogens is 283 g/mol. The summed E-state index contributed by atoms with van der Waals surface area (Å²) in [5, 5.41) is 3.30. The van der Waals surface area contributed by atoms with E-state index in [1.54, 1.807) is 7.11 Å². The van der Waals surface area contributed by atoms with Gasteiger partial charge in [-0.3, -0.25) is 0 Å². The molecule has 118 valence electrons. The van der Waals surface area contributed by atoms with Crippen LogP contribution in [0.4, 0.5) is 13.2 Å². The Morgan fingerprint density at radius 2 is 2.00 bits per heavy atom. The van der Waals surface area contributed by atoms with E-state index < -0.39 is 11.7 Å². The zero-order chi connectivity index (χ0) is 15.5. The van der Waals surface area contributed by atoms with Gasteiger partial charge in [0.15, 0.2) is 0 Å². The topological polar surface area (TPSA) is 30.5 Å². The third-order valence-electron chi connectivity index (χ3n) is 3.97. The van der Waals surface area contributed by atoms with E-state index in [4.69, 9.17) is 9.47 Å². The summed E-state index contributed by atoms with van der Waals surface area (Å²) in [5.74, 6) is 0. The molecule has 2 unspecified atom stereocenters. The number of methoxy groups -OCH3 is 1. The van der Waals surface area contributed by atoms with Gasteiger partial charge in [0.2, 0.25) is 0 Å². The molecule has 1 N–H and O–H groups in total. The molecule has 1 aromatic rings. The summed E-state index contributed by atoms with van der Waals surface area (Å²) in [7, 11) is 1.65. The molecule has 2 rings (SSSR count). The molecule has 0 amide bonds. The molecule has 0 aliphatic carbocycles. The van der Waals surface area contributed by atoms with Crippen LogP contribution < -0.4 is 5.32 Å². The van der Waals surface area contributed by atoms with Crippen molar-refractivity contribution in [2.45, 2.75) is 31.2 Å². The predicted octanol–water partition coefficient (Wildman–Crippen LogP) is 3.16. The second kappa shape index (κ2) is 6.34. The molecule has 1 fully saturated rings. The first kappa shape index (κ1) is 16.3. The summed E-state index contributed by atoms with van der Waals surface area (Å²) in [6.45, 7) is 3.73. The van der Waals surface area contributed by atoms with E-state index >= 15 is 0 Å². The van der Waals surface area contributed by atoms with Crippen LogP contribution in [-0.2, 0) is 15.7 Å². The van der Waals surface area contributed by atoms with Gasteiger partial charge in [-0.15, -0.1) is 0 Å². The smallest absolute Gasteiger partial charge is 0.378 e. The summed E-state index contributed by atoms with van der Waals surface area (Å²) < 4.78 is 48.4. The molecular formula is C15H20F3NO2. The van der Waals surface area contributed by atoms with E-state index in [0.717, 1.165) is 24.1 Å². The fourth-order valence-corrected chi connectivity index (χ4v) is 2.38. The summed E-state index contributed by atoms with van der Waals surface area (Å²) in [6, 6.07) is 5.17. The molecule has 1 aliphatic heterocycles. The molecule has 1 aromatic carbocycles. The number of benzene rings is 1. The van der Waals surface area contributed by atoms with Gasteiger partial charge in [-0.2, -0.15) is 13.2 Å². The summed E-state index contributed by atoms with van der Waals surface area (Å²) in [5.41, 5.74) is -0.149. The molecule has 3 nitrogen and oxygen atoms in total. The van der Waals surface area contributed by atoms with Gasteiger partial charge in [-0.1, -0.05) is 12.1 Å². The van der Waals surface area contributed by atoms with Gasteiger partial charge in [0.1, 0.15) is 5.60 Å². The Morgan fingerprint density at radius 1 is 1.33 bits per heavy atom. The highest BCUT2D eigenvalue weighted by Gasteiger charge is 2.35. The monoisotopic (exact) mass is 303 g/mol. The average Bonchev–Trinajstić information content (AvgIpc) is 2.93. The number of ether oxygens (including phenoxy) is 2. The molecule has 21 heavy (non-hydrogen) atoms. The van der Waals surface area contributed by atoms with Crippen molar-refractivity contribution in [3.63, 3.8) is 0 Å². The van der Waals surface area contributed by atoms with Crippen LogP contribution in [0.5, 0.6) is 0 Å². The van der Waals surface area contributed by atoms with Crippen LogP contribution in [0.2, 0.25) is 0 Å². The van der Waals surface area contributed by atoms with E-state index in [2.05, 4.69) is 5.32 Å². The van der Waals surface area contributed by atoms with E-state index in [9.17, 15) is 13.2 Å². The van der Waals surface area contributed by atoms with Crippen LogP contribution in [0.25, 0.3) is 0 Å². The van der Waals surface area contributed by atoms with E-state index in [1.807, 2.05) is 6.92 Å². The SMILES string of the molecule is COC1(CNC(C)c2ccc(C(F)(F)F)cc2)CCOC1. The number of hydrogen-bond donors (Lipinski definition) is 1. The number of halogens is 3. The largest absolute Gasteiger partial charge is 0.416 e. The minimum Gasteiger partial charge on any atom is -0.378 e. The summed E-state index contributed by atoms with van der Waals surface area (Å²) in [6.07, 6.45) is -3.48. The lowest BCUT2D eigenvalue weighted by atomic mass is 10.0. The van der Waals surface area contributed by atoms with Gasteiger partial charge >= 0.3 is 6.18 Å². The van der Waals surface area contributed by atoms with E-state index in [-0.39, 0.29) is 11.6 Å². The molecule has 0 spiro atoms. The lowest BCUT2D eigenvalue weighted by Gasteiger charge is -2.28. The molecule has 0 saturated carbocycles. The number of alkyl halides is 3. The quantitative estimate of drug-likeness (QED) is 0.906. The minimum atomic E-state index is -4.30. The first-order chi connectivity index (χ1) is 9.86. The fourth-order valence-electron chi connectivity index (χ4n) is 2.38. The first-order valence-corrected chi connectivity index (χ1v) is 6.90. The Labute approximate surface area is 122 Å². The Hall–Kier alpha value is -1.11. The molecule has 0 bridgehead atoms. The zero-order valence-electron chi connectivity index (χ0n) is 12.2. The third-order valence-corrected chi connectivity index (χ3v) is 3.97. The second-order valence-electron chi connectivity index (χ2n) is 5.41. The first-order valence-electron chi connectivity index (χ1n) is 6.90. The van der Waals surface area contributed by atoms with Crippen molar-refractivity contribution in [1.29, 1.82) is 0 Å². The van der Waals surface area contributed by atoms with Gasteiger partial charge in [0.05, 0.1) is 12.2 Å². The molecule has 0 aromatic heterocycles. The van der Waals surface area contributed by atoms with Crippen LogP contribution in [0.1, 0.15) is 30.5 Å². The van der Waals surface area contributed by atoms with E-state index in [1.165, 1.54) is 12.1 Å². The van der Waals surface area contributed by atoms with Gasteiger partial charge in [-0.05, 0) is 24.6 Å². The second-order valence-corrected chi connectivity index (χ2v) is 5.41. The Kier molecular flexibility index (Phi) is 4.91. The van der Waals surface area contributed by atoms with Crippen molar-refractivity contribution in [3.8, 4) is 0 Å². The third kappa shape index (κ3) is 3.96. The molecule has 1 aliphatic rings. The van der Waals surface area contributed by atoms with Gasteiger partial charge in [0, 0.05) is 32.7 Å². The summed E-state index contributed by atoms with van der Waals surface area (Å²) >= 11 is 0. The van der Waals surface area contributed by atoms with Crippen LogP contribution in [-0.4, -0.2) is 32.5 Å². The normalized spacial score (nSPS) is 24.2. The van der Waals surface area contributed by atoms with Crippen molar-refractivity contribution in [2.24, 2.45) is 0 Å². The maximum Gasteiger partial charge on any atom is 0.416 e. The lowest BCUT2D eigenvalue weighted by Crippen LogP contribution is -2.43. The highest BCUT2D eigenvalue weighted by molar-refractivity contribution is 5.26. The Morgan fingerprint density at radius 3 is 2.48 bits per heavy atom. The van der Waals surface area contributed by atoms with Crippen LogP contribution in [0, 0.1) is 0 Å². The molecule has 6 heteroatoms. The van der Waals surface area contributed by atoms with Crippen LogP contribution in [0.3, 0.4) is 0 Å². The number of rotatable bonds is 5. The van der Waals surface area contributed by atoms with Crippen LogP contribution in [0.15, 0.2) is 24.3 Å². The van der Waals surface area contributed by atoms with Crippen molar-refractivity contribution in [1.82, 2.24) is 5.32 Å². The number of hydrogen-bond acceptors (Lipinski definition) is 3. The number of nitrogens with one attached hydrogen (secondary N) is 1. The Bertz CT molecular complexity index is 453. The molecule has 1 heterocycles. The van der Waals surface area contributed by atoms with Crippen molar-refractivity contribution in [3.05, 3.63) is 35.4 Å². The molecule has 2 atom stereocenters. The highest BCUT2D eigenvalue weighted by Crippen LogP contribution is 2.30. The standard InChI is InChI=1S/C15H20F3NO2/c1-11(19-9-14(20-2)7-8-21-10-14)12-3-5-13(6-4-12)15(16,17)18/h3-6,11,19H,7-10H2,1-2H3. The minimum absolute atomic E-state index is 0.0556.